The van der Waals surface area contributed by atoms with Crippen molar-refractivity contribution in [1.82, 2.24) is 5.32 Å². The predicted octanol–water partition coefficient (Wildman–Crippen LogP) is -2.08. The van der Waals surface area contributed by atoms with Crippen LogP contribution in [0.3, 0.4) is 0 Å². The van der Waals surface area contributed by atoms with Gasteiger partial charge in [-0.15, -0.1) is 6.58 Å². The summed E-state index contributed by atoms with van der Waals surface area (Å²) in [6.07, 6.45) is 1.59. The summed E-state index contributed by atoms with van der Waals surface area (Å²) in [5, 5.41) is 1.44. The number of nitrogens with one attached hydrogen (secondary N) is 1. The van der Waals surface area contributed by atoms with Gasteiger partial charge in [0.05, 0.1) is 0 Å². The van der Waals surface area contributed by atoms with E-state index in [0.717, 1.165) is 0 Å². The van der Waals surface area contributed by atoms with Crippen molar-refractivity contribution in [3.63, 3.8) is 0 Å². The van der Waals surface area contributed by atoms with E-state index >= 15 is 0 Å². The fourth-order valence-corrected chi connectivity index (χ4v) is 0.251. The van der Waals surface area contributed by atoms with Crippen LogP contribution in [0.1, 0.15) is 1.43 Å². The first kappa shape index (κ1) is 18.2. The molecule has 0 fully saturated rings. The topological polar surface area (TPSA) is 72.2 Å². The maximum absolute atomic E-state index is 9.91. The monoisotopic (exact) mass is 218 g/mol. The number of carbonyl (C=O) groups is 2. The Morgan fingerprint density at radius 1 is 1.58 bits per heavy atom. The van der Waals surface area contributed by atoms with E-state index in [1.165, 1.54) is 0 Å². The maximum atomic E-state index is 9.91. The Kier molecular flexibility index (Phi) is 21.2. The smallest absolute Gasteiger partial charge is 1.00 e. The average Bonchev–Trinajstić information content (AvgIpc) is 1.82. The van der Waals surface area contributed by atoms with Gasteiger partial charge in [-0.25, -0.2) is 0 Å². The number of carbonyl (C=O) groups excluding carboxylic acids is 2. The fourth-order valence-electron chi connectivity index (χ4n) is 0.159. The Morgan fingerprint density at radius 3 is 2.00 bits per heavy atom. The predicted molar refractivity (Wildman–Crippen MR) is 52.3 cm³/mol. The molecule has 4 nitrogen and oxygen atoms in total. The Morgan fingerprint density at radius 2 is 1.92 bits per heavy atom. The van der Waals surface area contributed by atoms with E-state index in [1.807, 2.05) is 0 Å². The summed E-state index contributed by atoms with van der Waals surface area (Å²) in [5.41, 5.74) is 4.34. The number of rotatable bonds is 2. The van der Waals surface area contributed by atoms with Crippen molar-refractivity contribution < 1.29 is 40.6 Å². The molecule has 0 aliphatic carbocycles. The van der Waals surface area contributed by atoms with Gasteiger partial charge < -0.3 is 12.5 Å². The van der Waals surface area contributed by atoms with Gasteiger partial charge in [-0.2, -0.15) is 0 Å². The van der Waals surface area contributed by atoms with Gasteiger partial charge in [0, 0.05) is 6.54 Å². The zero-order valence-electron chi connectivity index (χ0n) is 7.78. The van der Waals surface area contributed by atoms with Crippen LogP contribution in [0.4, 0.5) is 9.59 Å². The summed E-state index contributed by atoms with van der Waals surface area (Å²) in [5.74, 6) is 0. The van der Waals surface area contributed by atoms with Gasteiger partial charge in [-0.05, 0) is 0 Å². The van der Waals surface area contributed by atoms with Crippen LogP contribution in [0.5, 0.6) is 0 Å². The molecule has 0 heterocycles. The molecule has 0 aromatic heterocycles. The minimum Gasteiger partial charge on any atom is -1.00 e. The molecule has 0 unspecified atom stereocenters. The summed E-state index contributed by atoms with van der Waals surface area (Å²) in [6, 6.07) is 0. The van der Waals surface area contributed by atoms with E-state index in [4.69, 9.17) is 4.79 Å². The van der Waals surface area contributed by atoms with Gasteiger partial charge in [-0.1, -0.05) is 31.3 Å². The van der Waals surface area contributed by atoms with Crippen LogP contribution in [0.2, 0.25) is 0 Å². The summed E-state index contributed by atoms with van der Waals surface area (Å²) in [6.45, 7) is 3.87. The van der Waals surface area contributed by atoms with Crippen molar-refractivity contribution in [1.29, 1.82) is 0 Å². The molecule has 0 spiro atoms. The van der Waals surface area contributed by atoms with Crippen molar-refractivity contribution in [2.75, 3.05) is 6.54 Å². The third kappa shape index (κ3) is 47.6. The number of amides is 2. The molecule has 2 amide bonds. The molecule has 7 heteroatoms. The molecule has 0 aliphatic rings. The Bertz CT molecular complexity index is 155. The zero-order chi connectivity index (χ0) is 9.28. The van der Waals surface area contributed by atoms with Crippen LogP contribution in [-0.2, 0) is 0 Å². The van der Waals surface area contributed by atoms with Crippen LogP contribution >= 0.6 is 25.3 Å². The first-order chi connectivity index (χ1) is 5.00. The van der Waals surface area contributed by atoms with Crippen LogP contribution < -0.4 is 40.6 Å². The van der Waals surface area contributed by atoms with E-state index in [-0.39, 0.29) is 36.2 Å². The van der Waals surface area contributed by atoms with Crippen LogP contribution in [0.15, 0.2) is 12.7 Å². The molecule has 0 aliphatic heterocycles. The molecule has 0 saturated heterocycles. The van der Waals surface area contributed by atoms with E-state index in [0.29, 0.717) is 6.54 Å². The van der Waals surface area contributed by atoms with E-state index in [1.54, 1.807) is 6.08 Å². The molecular formula is C5H11N2NaO2S2. The summed E-state index contributed by atoms with van der Waals surface area (Å²) < 4.78 is 0. The van der Waals surface area contributed by atoms with E-state index in [9.17, 15) is 4.79 Å². The molecule has 0 rings (SSSR count). The molecular weight excluding hydrogens is 207 g/mol. The number of nitrogens with two attached hydrogens (primary N) is 1. The minimum atomic E-state index is -0.639. The standard InChI is InChI=1S/C4H7NOS.CH3NOS.Na.H/c1-2-3-5-4(6)7;2-1(3)4;;/h2H,1,3H2,(H2,5,6,7);(H3,2,3,4);;/q;;+1;-1. The average molecular weight is 218 g/mol. The van der Waals surface area contributed by atoms with Gasteiger partial charge in [0.15, 0.2) is 0 Å². The molecule has 0 saturated carbocycles. The molecule has 0 bridgehead atoms. The van der Waals surface area contributed by atoms with E-state index in [2.05, 4.69) is 42.9 Å². The second-order valence-electron chi connectivity index (χ2n) is 1.31. The van der Waals surface area contributed by atoms with Gasteiger partial charge in [-0.3, -0.25) is 9.59 Å². The summed E-state index contributed by atoms with van der Waals surface area (Å²) in [7, 11) is 0. The maximum Gasteiger partial charge on any atom is 1.00 e. The number of primary amides is 1. The van der Waals surface area contributed by atoms with Gasteiger partial charge in [0.2, 0.25) is 0 Å². The second-order valence-corrected chi connectivity index (χ2v) is 2.16. The van der Waals surface area contributed by atoms with Crippen LogP contribution in [0, 0.1) is 0 Å². The summed E-state index contributed by atoms with van der Waals surface area (Å²) in [4.78, 5) is 19.0. The van der Waals surface area contributed by atoms with Gasteiger partial charge in [0.25, 0.3) is 10.5 Å². The Labute approximate surface area is 106 Å². The molecule has 0 aromatic rings. The zero-order valence-corrected chi connectivity index (χ0v) is 10.6. The van der Waals surface area contributed by atoms with Crippen molar-refractivity contribution >= 4 is 35.7 Å². The third-order valence-corrected chi connectivity index (χ3v) is 0.556. The largest absolute Gasteiger partial charge is 1.00 e. The fraction of sp³-hybridized carbons (Fsp3) is 0.200. The first-order valence-corrected chi connectivity index (χ1v) is 3.46. The number of hydrogen-bond acceptors (Lipinski definition) is 2. The quantitative estimate of drug-likeness (QED) is 0.244. The number of hydrogen-bond donors (Lipinski definition) is 4. The SMILES string of the molecule is C=CCNC(=O)S.NC(=O)S.[H-].[Na+]. The van der Waals surface area contributed by atoms with Crippen LogP contribution in [0.25, 0.3) is 0 Å². The van der Waals surface area contributed by atoms with Crippen molar-refractivity contribution in [2.24, 2.45) is 5.73 Å². The first-order valence-electron chi connectivity index (χ1n) is 2.56. The normalized spacial score (nSPS) is 6.50. The van der Waals surface area contributed by atoms with Crippen molar-refractivity contribution in [3.8, 4) is 0 Å². The molecule has 0 aromatic carbocycles. The summed E-state index contributed by atoms with van der Waals surface area (Å²) >= 11 is 6.54. The minimum absolute atomic E-state index is 0. The van der Waals surface area contributed by atoms with Gasteiger partial charge >= 0.3 is 29.6 Å². The second kappa shape index (κ2) is 13.9. The molecule has 0 radical (unpaired) electrons. The van der Waals surface area contributed by atoms with E-state index < -0.39 is 5.24 Å². The van der Waals surface area contributed by atoms with Crippen molar-refractivity contribution in [2.45, 2.75) is 0 Å². The molecule has 66 valence electrons. The Balaban J connectivity index is -0.0000000600. The van der Waals surface area contributed by atoms with Crippen molar-refractivity contribution in [3.05, 3.63) is 12.7 Å². The van der Waals surface area contributed by atoms with Crippen LogP contribution in [-0.4, -0.2) is 17.0 Å². The molecule has 0 atom stereocenters. The third-order valence-electron chi connectivity index (χ3n) is 0.398. The van der Waals surface area contributed by atoms with Gasteiger partial charge in [0.1, 0.15) is 0 Å². The molecule has 12 heavy (non-hydrogen) atoms. The number of thiol groups is 2. The molecule has 3 N–H and O–H groups in total. The Hall–Kier alpha value is 0.380.